The topological polar surface area (TPSA) is 64.3 Å². The molecule has 0 spiro atoms. The first-order valence-corrected chi connectivity index (χ1v) is 7.76. The van der Waals surface area contributed by atoms with Crippen LogP contribution in [0.2, 0.25) is 0 Å². The highest BCUT2D eigenvalue weighted by Crippen LogP contribution is 2.38. The molecular weight excluding hydrogens is 292 g/mol. The molecule has 23 heavy (non-hydrogen) atoms. The molecule has 2 heterocycles. The normalized spacial score (nSPS) is 11.5. The van der Waals surface area contributed by atoms with Crippen LogP contribution in [0, 0.1) is 6.92 Å². The Bertz CT molecular complexity index is 910. The number of pyridine rings is 1. The van der Waals surface area contributed by atoms with Crippen molar-refractivity contribution in [2.75, 3.05) is 0 Å². The average Bonchev–Trinajstić information content (AvgIpc) is 2.82. The Kier molecular flexibility index (Phi) is 3.72. The summed E-state index contributed by atoms with van der Waals surface area (Å²) in [6.45, 7) is 8.61. The van der Waals surface area contributed by atoms with Crippen LogP contribution in [0.5, 0.6) is 5.75 Å². The van der Waals surface area contributed by atoms with Crippen LogP contribution in [-0.2, 0) is 6.54 Å². The van der Waals surface area contributed by atoms with Gasteiger partial charge in [-0.25, -0.2) is 9.78 Å². The number of carboxylic acids is 1. The van der Waals surface area contributed by atoms with E-state index in [1.165, 1.54) is 0 Å². The number of aromatic nitrogens is 2. The van der Waals surface area contributed by atoms with Crippen molar-refractivity contribution in [3.8, 4) is 5.75 Å². The number of benzene rings is 1. The second kappa shape index (κ2) is 5.57. The van der Waals surface area contributed by atoms with E-state index < -0.39 is 5.97 Å². The van der Waals surface area contributed by atoms with E-state index >= 15 is 0 Å². The van der Waals surface area contributed by atoms with E-state index in [1.807, 2.05) is 39.0 Å². The van der Waals surface area contributed by atoms with Crippen molar-refractivity contribution in [2.45, 2.75) is 40.3 Å². The molecular formula is C18H20N2O3. The van der Waals surface area contributed by atoms with Crippen molar-refractivity contribution >= 4 is 27.8 Å². The van der Waals surface area contributed by atoms with E-state index in [4.69, 9.17) is 4.74 Å². The Labute approximate surface area is 134 Å². The van der Waals surface area contributed by atoms with Crippen LogP contribution >= 0.6 is 0 Å². The van der Waals surface area contributed by atoms with Gasteiger partial charge in [0.25, 0.3) is 0 Å². The lowest BCUT2D eigenvalue weighted by Gasteiger charge is -2.11. The van der Waals surface area contributed by atoms with Crippen LogP contribution in [0.4, 0.5) is 0 Å². The van der Waals surface area contributed by atoms with Gasteiger partial charge >= 0.3 is 5.97 Å². The molecule has 0 saturated carbocycles. The molecule has 0 atom stereocenters. The maximum absolute atomic E-state index is 11.4. The summed E-state index contributed by atoms with van der Waals surface area (Å²) in [6, 6.07) is 5.93. The Hall–Kier alpha value is -2.56. The van der Waals surface area contributed by atoms with E-state index in [1.54, 1.807) is 6.20 Å². The Morgan fingerprint density at radius 1 is 1.30 bits per heavy atom. The lowest BCUT2D eigenvalue weighted by molar-refractivity contribution is 0.0690. The minimum absolute atomic E-state index is 0.0433. The van der Waals surface area contributed by atoms with E-state index in [0.29, 0.717) is 5.56 Å². The fourth-order valence-corrected chi connectivity index (χ4v) is 3.15. The zero-order valence-electron chi connectivity index (χ0n) is 13.8. The number of aromatic carboxylic acids is 1. The number of hydrogen-bond donors (Lipinski definition) is 1. The third-order valence-electron chi connectivity index (χ3n) is 4.02. The third kappa shape index (κ3) is 2.32. The van der Waals surface area contributed by atoms with Gasteiger partial charge in [0, 0.05) is 17.3 Å². The largest absolute Gasteiger partial charge is 0.490 e. The predicted octanol–water partition coefficient (Wildman–Crippen LogP) is 4.00. The van der Waals surface area contributed by atoms with E-state index in [-0.39, 0.29) is 11.8 Å². The molecule has 120 valence electrons. The molecule has 0 radical (unpaired) electrons. The summed E-state index contributed by atoms with van der Waals surface area (Å²) in [7, 11) is 0. The van der Waals surface area contributed by atoms with Crippen molar-refractivity contribution in [2.24, 2.45) is 0 Å². The molecule has 3 rings (SSSR count). The van der Waals surface area contributed by atoms with Crippen LogP contribution in [-0.4, -0.2) is 26.7 Å². The number of rotatable bonds is 4. The SMILES string of the molecule is CCn1c2cccc(OC(C)C)c2c2c(C)c(C(=O)O)ncc21. The van der Waals surface area contributed by atoms with Crippen LogP contribution in [0.3, 0.4) is 0 Å². The van der Waals surface area contributed by atoms with Crippen molar-refractivity contribution in [1.82, 2.24) is 9.55 Å². The van der Waals surface area contributed by atoms with Crippen molar-refractivity contribution in [1.29, 1.82) is 0 Å². The molecule has 0 aliphatic rings. The molecule has 3 aromatic rings. The van der Waals surface area contributed by atoms with Crippen LogP contribution in [0.25, 0.3) is 21.8 Å². The number of ether oxygens (including phenoxy) is 1. The van der Waals surface area contributed by atoms with Crippen LogP contribution in [0.15, 0.2) is 24.4 Å². The second-order valence-electron chi connectivity index (χ2n) is 5.86. The summed E-state index contributed by atoms with van der Waals surface area (Å²) < 4.78 is 8.11. The Morgan fingerprint density at radius 3 is 2.65 bits per heavy atom. The van der Waals surface area contributed by atoms with Gasteiger partial charge < -0.3 is 14.4 Å². The van der Waals surface area contributed by atoms with Gasteiger partial charge in [-0.3, -0.25) is 0 Å². The highest BCUT2D eigenvalue weighted by Gasteiger charge is 2.20. The number of carboxylic acid groups (broad SMARTS) is 1. The molecule has 5 nitrogen and oxygen atoms in total. The van der Waals surface area contributed by atoms with Crippen molar-refractivity contribution < 1.29 is 14.6 Å². The highest BCUT2D eigenvalue weighted by molar-refractivity contribution is 6.14. The van der Waals surface area contributed by atoms with Gasteiger partial charge in [-0.05, 0) is 45.4 Å². The fraction of sp³-hybridized carbons (Fsp3) is 0.333. The number of fused-ring (bicyclic) bond motifs is 3. The van der Waals surface area contributed by atoms with Gasteiger partial charge in [-0.2, -0.15) is 0 Å². The van der Waals surface area contributed by atoms with Crippen LogP contribution in [0.1, 0.15) is 36.8 Å². The summed E-state index contributed by atoms with van der Waals surface area (Å²) >= 11 is 0. The zero-order valence-corrected chi connectivity index (χ0v) is 13.8. The molecule has 0 unspecified atom stereocenters. The molecule has 1 N–H and O–H groups in total. The Morgan fingerprint density at radius 2 is 2.04 bits per heavy atom. The zero-order chi connectivity index (χ0) is 16.7. The fourth-order valence-electron chi connectivity index (χ4n) is 3.15. The lowest BCUT2D eigenvalue weighted by atomic mass is 10.1. The number of nitrogens with zero attached hydrogens (tertiary/aromatic N) is 2. The second-order valence-corrected chi connectivity index (χ2v) is 5.86. The predicted molar refractivity (Wildman–Crippen MR) is 90.4 cm³/mol. The monoisotopic (exact) mass is 312 g/mol. The molecule has 0 bridgehead atoms. The van der Waals surface area contributed by atoms with Gasteiger partial charge in [0.05, 0.1) is 23.3 Å². The minimum Gasteiger partial charge on any atom is -0.490 e. The maximum Gasteiger partial charge on any atom is 0.354 e. The van der Waals surface area contributed by atoms with Gasteiger partial charge in [-0.1, -0.05) is 6.07 Å². The summed E-state index contributed by atoms with van der Waals surface area (Å²) in [5.41, 5.74) is 2.73. The number of hydrogen-bond acceptors (Lipinski definition) is 3. The van der Waals surface area contributed by atoms with Crippen LogP contribution < -0.4 is 4.74 Å². The summed E-state index contributed by atoms with van der Waals surface area (Å²) in [5, 5.41) is 11.2. The van der Waals surface area contributed by atoms with E-state index in [0.717, 1.165) is 34.1 Å². The summed E-state index contributed by atoms with van der Waals surface area (Å²) in [4.78, 5) is 15.6. The first kappa shape index (κ1) is 15.3. The molecule has 1 aromatic carbocycles. The molecule has 0 amide bonds. The smallest absolute Gasteiger partial charge is 0.354 e. The molecule has 5 heteroatoms. The summed E-state index contributed by atoms with van der Waals surface area (Å²) in [6.07, 6.45) is 1.69. The quantitative estimate of drug-likeness (QED) is 0.790. The molecule has 0 saturated heterocycles. The Balaban J connectivity index is 2.50. The minimum atomic E-state index is -1.01. The average molecular weight is 312 g/mol. The third-order valence-corrected chi connectivity index (χ3v) is 4.02. The first-order chi connectivity index (χ1) is 11.0. The first-order valence-electron chi connectivity index (χ1n) is 7.76. The van der Waals surface area contributed by atoms with Gasteiger partial charge in [0.2, 0.25) is 0 Å². The van der Waals surface area contributed by atoms with Gasteiger partial charge in [0.1, 0.15) is 5.75 Å². The standard InChI is InChI=1S/C18H20N2O3/c1-5-20-12-7-6-8-14(23-10(2)3)16(12)15-11(4)17(18(21)22)19-9-13(15)20/h6-10H,5H2,1-4H3,(H,21,22). The van der Waals surface area contributed by atoms with E-state index in [2.05, 4.69) is 16.5 Å². The highest BCUT2D eigenvalue weighted by atomic mass is 16.5. The lowest BCUT2D eigenvalue weighted by Crippen LogP contribution is -2.06. The number of aryl methyl sites for hydroxylation is 2. The maximum atomic E-state index is 11.4. The van der Waals surface area contributed by atoms with Crippen molar-refractivity contribution in [3.63, 3.8) is 0 Å². The van der Waals surface area contributed by atoms with Crippen molar-refractivity contribution in [3.05, 3.63) is 35.7 Å². The molecule has 0 aliphatic carbocycles. The summed E-state index contributed by atoms with van der Waals surface area (Å²) in [5.74, 6) is -0.232. The van der Waals surface area contributed by atoms with Gasteiger partial charge in [0.15, 0.2) is 5.69 Å². The van der Waals surface area contributed by atoms with E-state index in [9.17, 15) is 9.90 Å². The van der Waals surface area contributed by atoms with Gasteiger partial charge in [-0.15, -0.1) is 0 Å². The number of carbonyl (C=O) groups is 1. The molecule has 0 aliphatic heterocycles. The molecule has 2 aromatic heterocycles. The molecule has 0 fully saturated rings.